The van der Waals surface area contributed by atoms with Crippen LogP contribution in [0, 0.1) is 5.41 Å². The number of carbonyl (C=O) groups is 3. The number of nitrogens with zero attached hydrogens (tertiary/aromatic N) is 2. The highest BCUT2D eigenvalue weighted by Crippen LogP contribution is 2.60. The minimum absolute atomic E-state index is 0.181. The number of halogens is 1. The van der Waals surface area contributed by atoms with Crippen molar-refractivity contribution in [3.63, 3.8) is 0 Å². The molecular formula is C32H21ClN2O3. The highest BCUT2D eigenvalue weighted by Gasteiger charge is 2.71. The smallest absolute Gasteiger partial charge is 0.185 e. The molecule has 3 aromatic carbocycles. The standard InChI is InChI=1S/C32H21ClN2O3/c33-22-14-11-20(12-15-22)29(36)28-27(21-7-5-17-34-18-21)32(30(37)23-8-2-3-9-24(23)31(32)38)26-16-13-19-6-1-4-10-25(19)35(26)28/h1-18,26-28H/t26?,27-,28+/m1/s1. The highest BCUT2D eigenvalue weighted by atomic mass is 35.5. The number of pyridine rings is 1. The van der Waals surface area contributed by atoms with E-state index in [0.29, 0.717) is 27.3 Å². The van der Waals surface area contributed by atoms with Crippen LogP contribution in [0.2, 0.25) is 5.02 Å². The maximum atomic E-state index is 14.5. The van der Waals surface area contributed by atoms with E-state index in [1.54, 1.807) is 67.0 Å². The zero-order chi connectivity index (χ0) is 26.0. The van der Waals surface area contributed by atoms with Crippen molar-refractivity contribution in [3.05, 3.63) is 136 Å². The Balaban J connectivity index is 1.54. The highest BCUT2D eigenvalue weighted by molar-refractivity contribution is 6.32. The van der Waals surface area contributed by atoms with Gasteiger partial charge in [-0.15, -0.1) is 0 Å². The summed E-state index contributed by atoms with van der Waals surface area (Å²) in [7, 11) is 0. The van der Waals surface area contributed by atoms with Gasteiger partial charge < -0.3 is 4.90 Å². The van der Waals surface area contributed by atoms with Crippen LogP contribution in [0.25, 0.3) is 6.08 Å². The summed E-state index contributed by atoms with van der Waals surface area (Å²) in [5.74, 6) is -1.46. The van der Waals surface area contributed by atoms with Gasteiger partial charge in [-0.05, 0) is 47.5 Å². The fraction of sp³-hybridized carbons (Fsp3) is 0.125. The third-order valence-electron chi connectivity index (χ3n) is 8.15. The normalized spacial score (nSPS) is 22.3. The molecule has 184 valence electrons. The Morgan fingerprint density at radius 2 is 1.53 bits per heavy atom. The Morgan fingerprint density at radius 1 is 0.842 bits per heavy atom. The quantitative estimate of drug-likeness (QED) is 0.245. The predicted molar refractivity (Wildman–Crippen MR) is 146 cm³/mol. The van der Waals surface area contributed by atoms with Crippen molar-refractivity contribution in [1.82, 2.24) is 4.98 Å². The van der Waals surface area contributed by atoms with Crippen molar-refractivity contribution in [2.75, 3.05) is 4.90 Å². The first-order chi connectivity index (χ1) is 18.5. The van der Waals surface area contributed by atoms with Gasteiger partial charge in [0, 0.05) is 45.7 Å². The number of para-hydroxylation sites is 1. The molecule has 4 aromatic rings. The fourth-order valence-corrected chi connectivity index (χ4v) is 6.76. The molecule has 38 heavy (non-hydrogen) atoms. The number of aromatic nitrogens is 1. The SMILES string of the molecule is O=C(c1ccc(Cl)cc1)[C@@H]1[C@@H](c2cccnc2)C2(C(=O)c3ccccc3C2=O)C2C=Cc3ccccc3N21. The van der Waals surface area contributed by atoms with Gasteiger partial charge >= 0.3 is 0 Å². The summed E-state index contributed by atoms with van der Waals surface area (Å²) in [6.45, 7) is 0. The Kier molecular flexibility index (Phi) is 5.00. The number of hydrogen-bond acceptors (Lipinski definition) is 5. The van der Waals surface area contributed by atoms with Crippen LogP contribution in [-0.4, -0.2) is 34.4 Å². The van der Waals surface area contributed by atoms with Gasteiger partial charge in [-0.2, -0.15) is 0 Å². The van der Waals surface area contributed by atoms with Gasteiger partial charge in [-0.1, -0.05) is 72.3 Å². The third kappa shape index (κ3) is 2.93. The minimum atomic E-state index is -1.52. The lowest BCUT2D eigenvalue weighted by Crippen LogP contribution is -2.48. The Bertz CT molecular complexity index is 1630. The minimum Gasteiger partial charge on any atom is -0.352 e. The lowest BCUT2D eigenvalue weighted by atomic mass is 9.64. The van der Waals surface area contributed by atoms with Crippen LogP contribution in [-0.2, 0) is 0 Å². The van der Waals surface area contributed by atoms with E-state index in [1.807, 2.05) is 47.4 Å². The number of Topliss-reactive ketones (excluding diaryl/α,β-unsaturated/α-hetero) is 3. The molecule has 1 unspecified atom stereocenters. The van der Waals surface area contributed by atoms with Crippen molar-refractivity contribution in [2.45, 2.75) is 18.0 Å². The Morgan fingerprint density at radius 3 is 2.21 bits per heavy atom. The predicted octanol–water partition coefficient (Wildman–Crippen LogP) is 6.05. The molecule has 3 heterocycles. The number of benzene rings is 3. The molecule has 7 rings (SSSR count). The van der Waals surface area contributed by atoms with Gasteiger partial charge in [-0.3, -0.25) is 19.4 Å². The fourth-order valence-electron chi connectivity index (χ4n) is 6.64. The van der Waals surface area contributed by atoms with Gasteiger partial charge in [0.05, 0.1) is 6.04 Å². The zero-order valence-electron chi connectivity index (χ0n) is 20.1. The van der Waals surface area contributed by atoms with Gasteiger partial charge in [0.2, 0.25) is 0 Å². The molecule has 5 nitrogen and oxygen atoms in total. The van der Waals surface area contributed by atoms with Gasteiger partial charge in [0.15, 0.2) is 17.3 Å². The van der Waals surface area contributed by atoms with Crippen molar-refractivity contribution in [1.29, 1.82) is 0 Å². The monoisotopic (exact) mass is 516 g/mol. The Hall–Kier alpha value is -4.35. The number of anilines is 1. The lowest BCUT2D eigenvalue weighted by Gasteiger charge is -2.37. The molecule has 0 saturated carbocycles. The summed E-state index contributed by atoms with van der Waals surface area (Å²) in [5.41, 5.74) is 2.16. The number of fused-ring (bicyclic) bond motifs is 5. The molecular weight excluding hydrogens is 496 g/mol. The molecule has 1 saturated heterocycles. The summed E-state index contributed by atoms with van der Waals surface area (Å²) in [6.07, 6.45) is 7.20. The van der Waals surface area contributed by atoms with Crippen molar-refractivity contribution >= 4 is 40.7 Å². The maximum absolute atomic E-state index is 14.5. The van der Waals surface area contributed by atoms with Crippen LogP contribution < -0.4 is 4.90 Å². The number of carbonyl (C=O) groups excluding carboxylic acids is 3. The van der Waals surface area contributed by atoms with Crippen LogP contribution in [0.4, 0.5) is 5.69 Å². The van der Waals surface area contributed by atoms with E-state index in [1.165, 1.54) is 0 Å². The molecule has 0 bridgehead atoms. The number of rotatable bonds is 3. The molecule has 3 atom stereocenters. The number of ketones is 3. The van der Waals surface area contributed by atoms with E-state index < -0.39 is 23.4 Å². The van der Waals surface area contributed by atoms with Crippen molar-refractivity contribution in [2.24, 2.45) is 5.41 Å². The van der Waals surface area contributed by atoms with Crippen LogP contribution in [0.1, 0.15) is 48.1 Å². The average Bonchev–Trinajstić information content (AvgIpc) is 3.40. The second-order valence-electron chi connectivity index (χ2n) is 9.92. The first-order valence-electron chi connectivity index (χ1n) is 12.5. The third-order valence-corrected chi connectivity index (χ3v) is 8.41. The van der Waals surface area contributed by atoms with E-state index in [-0.39, 0.29) is 17.3 Å². The first-order valence-corrected chi connectivity index (χ1v) is 12.8. The van der Waals surface area contributed by atoms with Gasteiger partial charge in [-0.25, -0.2) is 0 Å². The molecule has 0 N–H and O–H groups in total. The molecule has 1 spiro atoms. The van der Waals surface area contributed by atoms with E-state index in [0.717, 1.165) is 11.3 Å². The van der Waals surface area contributed by atoms with E-state index in [9.17, 15) is 14.4 Å². The second-order valence-corrected chi connectivity index (χ2v) is 10.4. The van der Waals surface area contributed by atoms with Crippen LogP contribution >= 0.6 is 11.6 Å². The van der Waals surface area contributed by atoms with E-state index in [4.69, 9.17) is 11.6 Å². The van der Waals surface area contributed by atoms with E-state index in [2.05, 4.69) is 4.98 Å². The van der Waals surface area contributed by atoms with Crippen molar-refractivity contribution in [3.8, 4) is 0 Å². The summed E-state index contributed by atoms with van der Waals surface area (Å²) >= 11 is 6.14. The molecule has 1 aromatic heterocycles. The average molecular weight is 517 g/mol. The molecule has 0 radical (unpaired) electrons. The Labute approximate surface area is 224 Å². The largest absolute Gasteiger partial charge is 0.352 e. The molecule has 0 amide bonds. The molecule has 6 heteroatoms. The molecule has 1 aliphatic carbocycles. The van der Waals surface area contributed by atoms with Crippen LogP contribution in [0.5, 0.6) is 0 Å². The van der Waals surface area contributed by atoms with Crippen molar-refractivity contribution < 1.29 is 14.4 Å². The van der Waals surface area contributed by atoms with Gasteiger partial charge in [0.25, 0.3) is 0 Å². The lowest BCUT2D eigenvalue weighted by molar-refractivity contribution is 0.0666. The zero-order valence-corrected chi connectivity index (χ0v) is 20.9. The van der Waals surface area contributed by atoms with E-state index >= 15 is 0 Å². The summed E-state index contributed by atoms with van der Waals surface area (Å²) in [4.78, 5) is 49.8. The van der Waals surface area contributed by atoms with Gasteiger partial charge in [0.1, 0.15) is 11.5 Å². The topological polar surface area (TPSA) is 67.3 Å². The summed E-state index contributed by atoms with van der Waals surface area (Å²) in [5, 5.41) is 0.522. The molecule has 1 fully saturated rings. The summed E-state index contributed by atoms with van der Waals surface area (Å²) < 4.78 is 0. The first kappa shape index (κ1) is 22.8. The number of hydrogen-bond donors (Lipinski definition) is 0. The van der Waals surface area contributed by atoms with Crippen LogP contribution in [0.3, 0.4) is 0 Å². The second kappa shape index (κ2) is 8.33. The summed E-state index contributed by atoms with van der Waals surface area (Å²) in [6, 6.07) is 23.7. The molecule has 3 aliphatic rings. The maximum Gasteiger partial charge on any atom is 0.185 e. The van der Waals surface area contributed by atoms with Crippen LogP contribution in [0.15, 0.2) is 103 Å². The molecule has 2 aliphatic heterocycles.